The summed E-state index contributed by atoms with van der Waals surface area (Å²) < 4.78 is 26.2. The highest BCUT2D eigenvalue weighted by atomic mass is 19.2. The Balaban J connectivity index is 1.69. The van der Waals surface area contributed by atoms with Gasteiger partial charge in [0, 0.05) is 17.5 Å². The van der Waals surface area contributed by atoms with Crippen LogP contribution in [-0.2, 0) is 22.4 Å². The Kier molecular flexibility index (Phi) is 5.40. The number of fused-ring (bicyclic) bond motifs is 1. The number of benzene rings is 2. The maximum Gasteiger partial charge on any atom is 0.240 e. The Labute approximate surface area is 154 Å². The van der Waals surface area contributed by atoms with Crippen molar-refractivity contribution in [1.82, 2.24) is 10.3 Å². The van der Waals surface area contributed by atoms with E-state index in [1.165, 1.54) is 6.07 Å². The van der Waals surface area contributed by atoms with Crippen molar-refractivity contribution in [3.8, 4) is 0 Å². The third-order valence-corrected chi connectivity index (χ3v) is 4.10. The molecule has 138 valence electrons. The van der Waals surface area contributed by atoms with Gasteiger partial charge in [0.25, 0.3) is 0 Å². The number of aromatic nitrogens is 1. The van der Waals surface area contributed by atoms with E-state index in [1.807, 2.05) is 30.3 Å². The van der Waals surface area contributed by atoms with Gasteiger partial charge in [-0.1, -0.05) is 30.3 Å². The molecule has 1 atom stereocenters. The van der Waals surface area contributed by atoms with E-state index in [4.69, 9.17) is 5.73 Å². The molecule has 27 heavy (non-hydrogen) atoms. The zero-order valence-electron chi connectivity index (χ0n) is 14.3. The molecule has 3 aromatic rings. The fourth-order valence-electron chi connectivity index (χ4n) is 2.73. The summed E-state index contributed by atoms with van der Waals surface area (Å²) in [6.45, 7) is 0. The minimum Gasteiger partial charge on any atom is -0.368 e. The molecule has 0 aliphatic carbocycles. The molecule has 0 saturated carbocycles. The Morgan fingerprint density at radius 3 is 2.56 bits per heavy atom. The van der Waals surface area contributed by atoms with Crippen LogP contribution in [0.5, 0.6) is 0 Å². The van der Waals surface area contributed by atoms with E-state index in [0.29, 0.717) is 11.3 Å². The van der Waals surface area contributed by atoms with Crippen molar-refractivity contribution in [2.75, 3.05) is 0 Å². The molecule has 0 radical (unpaired) electrons. The molecule has 1 heterocycles. The Morgan fingerprint density at radius 1 is 1.04 bits per heavy atom. The molecular weight excluding hydrogens is 352 g/mol. The van der Waals surface area contributed by atoms with E-state index in [2.05, 4.69) is 10.3 Å². The number of carbonyl (C=O) groups is 2. The maximum atomic E-state index is 13.2. The van der Waals surface area contributed by atoms with Crippen LogP contribution >= 0.6 is 0 Å². The second-order valence-electron chi connectivity index (χ2n) is 6.15. The third-order valence-electron chi connectivity index (χ3n) is 4.10. The van der Waals surface area contributed by atoms with Crippen LogP contribution in [0.4, 0.5) is 8.78 Å². The highest BCUT2D eigenvalue weighted by Gasteiger charge is 2.20. The maximum absolute atomic E-state index is 13.2. The van der Waals surface area contributed by atoms with Crippen molar-refractivity contribution in [3.63, 3.8) is 0 Å². The topological polar surface area (TPSA) is 85.1 Å². The first kappa shape index (κ1) is 18.4. The van der Waals surface area contributed by atoms with Gasteiger partial charge in [-0.2, -0.15) is 0 Å². The Hall–Kier alpha value is -3.35. The molecule has 5 nitrogen and oxygen atoms in total. The summed E-state index contributed by atoms with van der Waals surface area (Å²) in [5.41, 5.74) is 7.05. The van der Waals surface area contributed by atoms with Gasteiger partial charge in [-0.15, -0.1) is 0 Å². The van der Waals surface area contributed by atoms with Crippen LogP contribution in [0.2, 0.25) is 0 Å². The third kappa shape index (κ3) is 4.63. The molecule has 0 unspecified atom stereocenters. The molecule has 0 aliphatic heterocycles. The molecule has 2 amide bonds. The number of amides is 2. The van der Waals surface area contributed by atoms with Gasteiger partial charge < -0.3 is 11.1 Å². The molecule has 0 saturated heterocycles. The first-order valence-corrected chi connectivity index (χ1v) is 8.29. The monoisotopic (exact) mass is 369 g/mol. The second kappa shape index (κ2) is 7.90. The minimum absolute atomic E-state index is 0.129. The van der Waals surface area contributed by atoms with Crippen molar-refractivity contribution >= 4 is 22.7 Å². The fraction of sp³-hybridized carbons (Fsp3) is 0.150. The summed E-state index contributed by atoms with van der Waals surface area (Å²) in [4.78, 5) is 28.4. The van der Waals surface area contributed by atoms with Gasteiger partial charge in [-0.3, -0.25) is 14.6 Å². The Bertz CT molecular complexity index is 1010. The number of halogens is 2. The van der Waals surface area contributed by atoms with Crippen LogP contribution in [-0.4, -0.2) is 22.8 Å². The predicted octanol–water partition coefficient (Wildman–Crippen LogP) is 2.27. The summed E-state index contributed by atoms with van der Waals surface area (Å²) in [6, 6.07) is 13.4. The molecule has 0 spiro atoms. The molecule has 3 N–H and O–H groups in total. The number of hydrogen-bond donors (Lipinski definition) is 2. The van der Waals surface area contributed by atoms with Crippen LogP contribution in [0.3, 0.4) is 0 Å². The standard InChI is InChI=1S/C20H17F2N3O2/c21-15-8-5-12(9-16(15)22)10-19(26)25-18(20(23)27)11-14-7-6-13-3-1-2-4-17(13)24-14/h1-9,18H,10-11H2,(H2,23,27)(H,25,26)/t18-/m1/s1. The molecule has 7 heteroatoms. The number of primary amides is 1. The number of nitrogens with one attached hydrogen (secondary N) is 1. The molecule has 0 fully saturated rings. The summed E-state index contributed by atoms with van der Waals surface area (Å²) in [6.07, 6.45) is -0.0736. The average molecular weight is 369 g/mol. The lowest BCUT2D eigenvalue weighted by molar-refractivity contribution is -0.127. The van der Waals surface area contributed by atoms with Gasteiger partial charge in [-0.25, -0.2) is 8.78 Å². The number of para-hydroxylation sites is 1. The van der Waals surface area contributed by atoms with Crippen molar-refractivity contribution < 1.29 is 18.4 Å². The van der Waals surface area contributed by atoms with Gasteiger partial charge in [0.15, 0.2) is 11.6 Å². The van der Waals surface area contributed by atoms with Crippen LogP contribution in [0.15, 0.2) is 54.6 Å². The minimum atomic E-state index is -1.04. The van der Waals surface area contributed by atoms with Crippen LogP contribution in [0, 0.1) is 11.6 Å². The van der Waals surface area contributed by atoms with Gasteiger partial charge in [-0.05, 0) is 29.8 Å². The van der Waals surface area contributed by atoms with Crippen LogP contribution in [0.25, 0.3) is 10.9 Å². The number of nitrogens with two attached hydrogens (primary N) is 1. The van der Waals surface area contributed by atoms with Crippen molar-refractivity contribution in [1.29, 1.82) is 0 Å². The first-order chi connectivity index (χ1) is 12.9. The van der Waals surface area contributed by atoms with E-state index in [0.717, 1.165) is 23.0 Å². The number of rotatable bonds is 6. The van der Waals surface area contributed by atoms with Crippen LogP contribution < -0.4 is 11.1 Å². The summed E-state index contributed by atoms with van der Waals surface area (Å²) in [5.74, 6) is -3.25. The normalized spacial score (nSPS) is 11.9. The SMILES string of the molecule is NC(=O)[C@@H](Cc1ccc2ccccc2n1)NC(=O)Cc1ccc(F)c(F)c1. The highest BCUT2D eigenvalue weighted by Crippen LogP contribution is 2.13. The van der Waals surface area contributed by atoms with Gasteiger partial charge in [0.2, 0.25) is 11.8 Å². The second-order valence-corrected chi connectivity index (χ2v) is 6.15. The summed E-state index contributed by atoms with van der Waals surface area (Å²) >= 11 is 0. The van der Waals surface area contributed by atoms with E-state index in [9.17, 15) is 18.4 Å². The number of carbonyl (C=O) groups excluding carboxylic acids is 2. The zero-order valence-corrected chi connectivity index (χ0v) is 14.3. The zero-order chi connectivity index (χ0) is 19.4. The van der Waals surface area contributed by atoms with Gasteiger partial charge in [0.1, 0.15) is 6.04 Å². The lowest BCUT2D eigenvalue weighted by Gasteiger charge is -2.15. The smallest absolute Gasteiger partial charge is 0.240 e. The average Bonchev–Trinajstić information content (AvgIpc) is 2.64. The van der Waals surface area contributed by atoms with Gasteiger partial charge >= 0.3 is 0 Å². The van der Waals surface area contributed by atoms with E-state index < -0.39 is 29.5 Å². The number of nitrogens with zero attached hydrogens (tertiary/aromatic N) is 1. The number of pyridine rings is 1. The molecule has 0 aliphatic rings. The molecule has 0 bridgehead atoms. The lowest BCUT2D eigenvalue weighted by Crippen LogP contribution is -2.46. The first-order valence-electron chi connectivity index (χ1n) is 8.29. The predicted molar refractivity (Wildman–Crippen MR) is 96.6 cm³/mol. The van der Waals surface area contributed by atoms with Crippen molar-refractivity contribution in [2.45, 2.75) is 18.9 Å². The molecule has 1 aromatic heterocycles. The fourth-order valence-corrected chi connectivity index (χ4v) is 2.73. The highest BCUT2D eigenvalue weighted by molar-refractivity contribution is 5.87. The van der Waals surface area contributed by atoms with Gasteiger partial charge in [0.05, 0.1) is 11.9 Å². The summed E-state index contributed by atoms with van der Waals surface area (Å²) in [7, 11) is 0. The van der Waals surface area contributed by atoms with Crippen LogP contribution in [0.1, 0.15) is 11.3 Å². The van der Waals surface area contributed by atoms with Crippen molar-refractivity contribution in [3.05, 3.63) is 77.5 Å². The largest absolute Gasteiger partial charge is 0.368 e. The van der Waals surface area contributed by atoms with E-state index in [1.54, 1.807) is 6.07 Å². The van der Waals surface area contributed by atoms with E-state index in [-0.39, 0.29) is 12.8 Å². The molecule has 3 rings (SSSR count). The number of hydrogen-bond acceptors (Lipinski definition) is 3. The Morgan fingerprint density at radius 2 is 1.81 bits per heavy atom. The van der Waals surface area contributed by atoms with E-state index >= 15 is 0 Å². The molecule has 2 aromatic carbocycles. The quantitative estimate of drug-likeness (QED) is 0.699. The summed E-state index contributed by atoms with van der Waals surface area (Å²) in [5, 5.41) is 3.48. The van der Waals surface area contributed by atoms with Crippen molar-refractivity contribution in [2.24, 2.45) is 5.73 Å². The lowest BCUT2D eigenvalue weighted by atomic mass is 10.1. The molecular formula is C20H17F2N3O2.